The van der Waals surface area contributed by atoms with Crippen LogP contribution in [0.3, 0.4) is 0 Å². The Balaban J connectivity index is 3.12. The van der Waals surface area contributed by atoms with E-state index in [4.69, 9.17) is 0 Å². The van der Waals surface area contributed by atoms with E-state index in [2.05, 4.69) is 11.6 Å². The fourth-order valence-corrected chi connectivity index (χ4v) is 1.51. The van der Waals surface area contributed by atoms with E-state index < -0.39 is 0 Å². The van der Waals surface area contributed by atoms with Gasteiger partial charge in [0.1, 0.15) is 5.03 Å². The van der Waals surface area contributed by atoms with E-state index in [0.29, 0.717) is 0 Å². The molecule has 0 aliphatic rings. The third kappa shape index (κ3) is 1.84. The quantitative estimate of drug-likeness (QED) is 0.625. The number of thioether (sulfide) groups is 1. The first-order valence-electron chi connectivity index (χ1n) is 3.40. The van der Waals surface area contributed by atoms with Gasteiger partial charge < -0.3 is 0 Å². The van der Waals surface area contributed by atoms with Crippen LogP contribution in [0.2, 0.25) is 0 Å². The molecule has 0 saturated carbocycles. The molecule has 58 valence electrons. The molecule has 0 N–H and O–H groups in total. The molecular weight excluding hydrogens is 154 g/mol. The predicted octanol–water partition coefficient (Wildman–Crippen LogP) is 2.84. The molecule has 1 nitrogen and oxygen atoms in total. The Bertz CT molecular complexity index is 268. The van der Waals surface area contributed by atoms with Gasteiger partial charge in [0, 0.05) is 11.8 Å². The lowest BCUT2D eigenvalue weighted by Gasteiger charge is -2.03. The number of rotatable bonds is 2. The number of nitrogens with zero attached hydrogens (tertiary/aromatic N) is 1. The van der Waals surface area contributed by atoms with Gasteiger partial charge >= 0.3 is 0 Å². The lowest BCUT2D eigenvalue weighted by molar-refractivity contribution is 1.12. The molecule has 0 amide bonds. The Morgan fingerprint density at radius 2 is 2.36 bits per heavy atom. The van der Waals surface area contributed by atoms with Gasteiger partial charge in [0.15, 0.2) is 0 Å². The third-order valence-corrected chi connectivity index (χ3v) is 2.14. The molecule has 11 heavy (non-hydrogen) atoms. The fourth-order valence-electron chi connectivity index (χ4n) is 0.878. The summed E-state index contributed by atoms with van der Waals surface area (Å²) in [7, 11) is 0. The molecular formula is C9H11NS. The highest BCUT2D eigenvalue weighted by molar-refractivity contribution is 7.98. The molecule has 0 saturated heterocycles. The molecule has 0 aliphatic heterocycles. The van der Waals surface area contributed by atoms with Crippen molar-refractivity contribution in [3.05, 3.63) is 30.5 Å². The molecule has 0 unspecified atom stereocenters. The summed E-state index contributed by atoms with van der Waals surface area (Å²) in [5.74, 6) is 0. The van der Waals surface area contributed by atoms with Gasteiger partial charge in [0.2, 0.25) is 0 Å². The summed E-state index contributed by atoms with van der Waals surface area (Å²) in [6.45, 7) is 5.88. The van der Waals surface area contributed by atoms with Crippen molar-refractivity contribution >= 4 is 17.3 Å². The van der Waals surface area contributed by atoms with Crippen LogP contribution >= 0.6 is 11.8 Å². The van der Waals surface area contributed by atoms with Gasteiger partial charge in [-0.25, -0.2) is 4.98 Å². The monoisotopic (exact) mass is 165 g/mol. The number of hydrogen-bond acceptors (Lipinski definition) is 2. The van der Waals surface area contributed by atoms with E-state index in [-0.39, 0.29) is 0 Å². The zero-order chi connectivity index (χ0) is 8.27. The molecule has 0 aromatic carbocycles. The van der Waals surface area contributed by atoms with Gasteiger partial charge in [-0.1, -0.05) is 12.6 Å². The van der Waals surface area contributed by atoms with E-state index in [1.54, 1.807) is 18.0 Å². The van der Waals surface area contributed by atoms with E-state index in [0.717, 1.165) is 16.2 Å². The van der Waals surface area contributed by atoms with Gasteiger partial charge in [0.05, 0.1) is 0 Å². The highest BCUT2D eigenvalue weighted by Gasteiger charge is 2.00. The first-order chi connectivity index (χ1) is 5.25. The number of pyridine rings is 1. The van der Waals surface area contributed by atoms with Crippen LogP contribution in [-0.4, -0.2) is 11.2 Å². The zero-order valence-electron chi connectivity index (χ0n) is 6.79. The topological polar surface area (TPSA) is 12.9 Å². The van der Waals surface area contributed by atoms with Crippen LogP contribution in [-0.2, 0) is 0 Å². The summed E-state index contributed by atoms with van der Waals surface area (Å²) >= 11 is 1.65. The van der Waals surface area contributed by atoms with E-state index in [1.807, 2.05) is 25.3 Å². The Hall–Kier alpha value is -0.760. The van der Waals surface area contributed by atoms with Gasteiger partial charge in [-0.05, 0) is 24.8 Å². The molecule has 0 radical (unpaired) electrons. The van der Waals surface area contributed by atoms with Gasteiger partial charge in [-0.15, -0.1) is 11.8 Å². The standard InChI is InChI=1S/C9H11NS/c1-7(2)8-5-4-6-10-9(8)11-3/h4-6H,1H2,2-3H3. The van der Waals surface area contributed by atoms with E-state index in [1.165, 1.54) is 0 Å². The summed E-state index contributed by atoms with van der Waals surface area (Å²) in [5.41, 5.74) is 2.22. The average Bonchev–Trinajstić information content (AvgIpc) is 2.04. The van der Waals surface area contributed by atoms with Crippen LogP contribution in [0.4, 0.5) is 0 Å². The minimum absolute atomic E-state index is 1.06. The lowest BCUT2D eigenvalue weighted by atomic mass is 10.2. The molecule has 0 fully saturated rings. The summed E-state index contributed by atoms with van der Waals surface area (Å²) in [6.07, 6.45) is 3.83. The molecule has 0 bridgehead atoms. The minimum Gasteiger partial charge on any atom is -0.249 e. The average molecular weight is 165 g/mol. The molecule has 1 heterocycles. The summed E-state index contributed by atoms with van der Waals surface area (Å²) in [4.78, 5) is 4.22. The smallest absolute Gasteiger partial charge is 0.103 e. The molecule has 0 atom stereocenters. The number of aromatic nitrogens is 1. The van der Waals surface area contributed by atoms with Crippen molar-refractivity contribution in [2.24, 2.45) is 0 Å². The van der Waals surface area contributed by atoms with Gasteiger partial charge in [0.25, 0.3) is 0 Å². The zero-order valence-corrected chi connectivity index (χ0v) is 7.61. The summed E-state index contributed by atoms with van der Waals surface area (Å²) in [5, 5.41) is 1.06. The van der Waals surface area contributed by atoms with Crippen LogP contribution in [0.15, 0.2) is 29.9 Å². The summed E-state index contributed by atoms with van der Waals surface area (Å²) in [6, 6.07) is 3.98. The van der Waals surface area contributed by atoms with Crippen molar-refractivity contribution in [1.82, 2.24) is 4.98 Å². The van der Waals surface area contributed by atoms with Crippen LogP contribution in [0.5, 0.6) is 0 Å². The lowest BCUT2D eigenvalue weighted by Crippen LogP contribution is -1.85. The highest BCUT2D eigenvalue weighted by atomic mass is 32.2. The van der Waals surface area contributed by atoms with Gasteiger partial charge in [-0.2, -0.15) is 0 Å². The normalized spacial score (nSPS) is 9.64. The number of allylic oxidation sites excluding steroid dienone is 1. The Kier molecular flexibility index (Phi) is 2.71. The largest absolute Gasteiger partial charge is 0.249 e. The molecule has 1 rings (SSSR count). The molecule has 2 heteroatoms. The Labute approximate surface area is 71.5 Å². The minimum atomic E-state index is 1.06. The molecule has 1 aromatic heterocycles. The van der Waals surface area contributed by atoms with E-state index >= 15 is 0 Å². The second-order valence-corrected chi connectivity index (χ2v) is 3.14. The highest BCUT2D eigenvalue weighted by Crippen LogP contribution is 2.22. The van der Waals surface area contributed by atoms with Crippen LogP contribution in [0.25, 0.3) is 5.57 Å². The SMILES string of the molecule is C=C(C)c1cccnc1SC. The maximum atomic E-state index is 4.22. The Morgan fingerprint density at radius 3 is 2.82 bits per heavy atom. The van der Waals surface area contributed by atoms with Crippen molar-refractivity contribution in [3.8, 4) is 0 Å². The first kappa shape index (κ1) is 8.34. The van der Waals surface area contributed by atoms with Crippen LogP contribution in [0.1, 0.15) is 12.5 Å². The Morgan fingerprint density at radius 1 is 1.64 bits per heavy atom. The van der Waals surface area contributed by atoms with Crippen LogP contribution in [0, 0.1) is 0 Å². The molecule has 0 aliphatic carbocycles. The van der Waals surface area contributed by atoms with Gasteiger partial charge in [-0.3, -0.25) is 0 Å². The van der Waals surface area contributed by atoms with Crippen molar-refractivity contribution in [1.29, 1.82) is 0 Å². The number of hydrogen-bond donors (Lipinski definition) is 0. The van der Waals surface area contributed by atoms with Crippen LogP contribution < -0.4 is 0 Å². The molecule has 0 spiro atoms. The fraction of sp³-hybridized carbons (Fsp3) is 0.222. The maximum Gasteiger partial charge on any atom is 0.103 e. The van der Waals surface area contributed by atoms with Crippen molar-refractivity contribution in [2.45, 2.75) is 11.9 Å². The van der Waals surface area contributed by atoms with E-state index in [9.17, 15) is 0 Å². The van der Waals surface area contributed by atoms with Crippen molar-refractivity contribution < 1.29 is 0 Å². The first-order valence-corrected chi connectivity index (χ1v) is 4.63. The maximum absolute atomic E-state index is 4.22. The second kappa shape index (κ2) is 3.58. The predicted molar refractivity (Wildman–Crippen MR) is 50.7 cm³/mol. The second-order valence-electron chi connectivity index (χ2n) is 2.34. The molecule has 1 aromatic rings. The van der Waals surface area contributed by atoms with Crippen molar-refractivity contribution in [3.63, 3.8) is 0 Å². The third-order valence-electron chi connectivity index (χ3n) is 1.42. The summed E-state index contributed by atoms with van der Waals surface area (Å²) < 4.78 is 0. The van der Waals surface area contributed by atoms with Crippen molar-refractivity contribution in [2.75, 3.05) is 6.26 Å².